The molecule has 1 aliphatic rings. The summed E-state index contributed by atoms with van der Waals surface area (Å²) in [5.41, 5.74) is 0.311. The lowest BCUT2D eigenvalue weighted by molar-refractivity contribution is -0.117. The Bertz CT molecular complexity index is 566. The molecule has 1 aromatic heterocycles. The van der Waals surface area contributed by atoms with Gasteiger partial charge in [-0.25, -0.2) is 4.98 Å². The van der Waals surface area contributed by atoms with Gasteiger partial charge in [-0.15, -0.1) is 0 Å². The average molecular weight is 342 g/mol. The lowest BCUT2D eigenvalue weighted by Gasteiger charge is -2.28. The third kappa shape index (κ3) is 4.97. The second-order valence-electron chi connectivity index (χ2n) is 6.73. The van der Waals surface area contributed by atoms with Crippen molar-refractivity contribution in [1.29, 1.82) is 0 Å². The zero-order valence-corrected chi connectivity index (χ0v) is 14.9. The number of methoxy groups -OCH3 is 1. The highest BCUT2D eigenvalue weighted by Crippen LogP contribution is 2.35. The number of hydrogen-bond acceptors (Lipinski definition) is 5. The Balaban J connectivity index is 2.21. The Labute approximate surface area is 142 Å². The van der Waals surface area contributed by atoms with Crippen molar-refractivity contribution >= 4 is 29.0 Å². The molecule has 1 fully saturated rings. The van der Waals surface area contributed by atoms with Gasteiger partial charge in [-0.2, -0.15) is 0 Å². The fourth-order valence-corrected chi connectivity index (χ4v) is 2.60. The van der Waals surface area contributed by atoms with Crippen LogP contribution in [0.15, 0.2) is 6.07 Å². The summed E-state index contributed by atoms with van der Waals surface area (Å²) in [4.78, 5) is 18.6. The van der Waals surface area contributed by atoms with Crippen molar-refractivity contribution in [3.8, 4) is 5.75 Å². The van der Waals surface area contributed by atoms with E-state index < -0.39 is 0 Å². The summed E-state index contributed by atoms with van der Waals surface area (Å²) < 4.78 is 10.7. The van der Waals surface area contributed by atoms with Gasteiger partial charge < -0.3 is 19.7 Å². The van der Waals surface area contributed by atoms with Crippen LogP contribution in [0.1, 0.15) is 27.2 Å². The Hall–Kier alpha value is -1.53. The van der Waals surface area contributed by atoms with Crippen LogP contribution in [0.25, 0.3) is 0 Å². The maximum absolute atomic E-state index is 12.2. The monoisotopic (exact) mass is 341 g/mol. The molecule has 1 aliphatic heterocycles. The predicted octanol–water partition coefficient (Wildman–Crippen LogP) is 2.95. The van der Waals surface area contributed by atoms with Crippen LogP contribution in [0, 0.1) is 5.41 Å². The number of anilines is 2. The number of carbonyl (C=O) groups is 1. The van der Waals surface area contributed by atoms with Crippen molar-refractivity contribution in [2.24, 2.45) is 5.41 Å². The third-order valence-corrected chi connectivity index (χ3v) is 3.71. The van der Waals surface area contributed by atoms with Gasteiger partial charge in [0.15, 0.2) is 5.15 Å². The summed E-state index contributed by atoms with van der Waals surface area (Å²) in [6, 6.07) is 1.80. The Morgan fingerprint density at radius 1 is 1.43 bits per heavy atom. The first-order chi connectivity index (χ1) is 10.8. The summed E-state index contributed by atoms with van der Waals surface area (Å²) >= 11 is 6.28. The summed E-state index contributed by atoms with van der Waals surface area (Å²) in [7, 11) is 1.55. The molecule has 1 aromatic rings. The lowest BCUT2D eigenvalue weighted by Crippen LogP contribution is -2.36. The minimum absolute atomic E-state index is 0.106. The molecule has 0 radical (unpaired) electrons. The largest absolute Gasteiger partial charge is 0.494 e. The first-order valence-corrected chi connectivity index (χ1v) is 8.05. The lowest BCUT2D eigenvalue weighted by atomic mass is 9.92. The smallest absolute Gasteiger partial charge is 0.225 e. The molecule has 7 heteroatoms. The fourth-order valence-electron chi connectivity index (χ4n) is 2.37. The normalized spacial score (nSPS) is 15.4. The fraction of sp³-hybridized carbons (Fsp3) is 0.625. The van der Waals surface area contributed by atoms with E-state index in [0.29, 0.717) is 31.1 Å². The number of carbonyl (C=O) groups excluding carboxylic acids is 1. The van der Waals surface area contributed by atoms with Gasteiger partial charge in [0.2, 0.25) is 5.91 Å². The number of amides is 1. The van der Waals surface area contributed by atoms with Gasteiger partial charge in [0, 0.05) is 25.6 Å². The van der Waals surface area contributed by atoms with Crippen LogP contribution >= 0.6 is 11.6 Å². The van der Waals surface area contributed by atoms with Crippen LogP contribution in [0.5, 0.6) is 5.75 Å². The van der Waals surface area contributed by atoms with E-state index in [1.54, 1.807) is 13.2 Å². The third-order valence-electron chi connectivity index (χ3n) is 3.44. The molecule has 1 saturated heterocycles. The van der Waals surface area contributed by atoms with E-state index >= 15 is 0 Å². The van der Waals surface area contributed by atoms with E-state index in [1.165, 1.54) is 0 Å². The molecule has 0 unspecified atom stereocenters. The summed E-state index contributed by atoms with van der Waals surface area (Å²) in [6.07, 6.45) is 0.387. The number of aromatic nitrogens is 1. The molecular formula is C16H24ClN3O3. The highest BCUT2D eigenvalue weighted by atomic mass is 35.5. The second kappa shape index (κ2) is 7.36. The summed E-state index contributed by atoms with van der Waals surface area (Å²) in [6.45, 7) is 8.84. The molecule has 0 aromatic carbocycles. The molecule has 2 heterocycles. The van der Waals surface area contributed by atoms with Crippen LogP contribution in [-0.2, 0) is 9.53 Å². The first kappa shape index (κ1) is 17.8. The molecular weight excluding hydrogens is 318 g/mol. The van der Waals surface area contributed by atoms with E-state index in [4.69, 9.17) is 21.1 Å². The highest BCUT2D eigenvalue weighted by molar-refractivity contribution is 6.33. The van der Waals surface area contributed by atoms with Crippen molar-refractivity contribution in [1.82, 2.24) is 4.98 Å². The zero-order valence-electron chi connectivity index (χ0n) is 14.1. The van der Waals surface area contributed by atoms with Gasteiger partial charge in [0.05, 0.1) is 20.3 Å². The first-order valence-electron chi connectivity index (χ1n) is 7.67. The highest BCUT2D eigenvalue weighted by Gasteiger charge is 2.21. The average Bonchev–Trinajstić information content (AvgIpc) is 2.48. The second-order valence-corrected chi connectivity index (χ2v) is 7.09. The number of halogens is 1. The van der Waals surface area contributed by atoms with Gasteiger partial charge in [-0.1, -0.05) is 32.4 Å². The zero-order chi connectivity index (χ0) is 17.0. The van der Waals surface area contributed by atoms with Crippen LogP contribution in [0.2, 0.25) is 5.15 Å². The van der Waals surface area contributed by atoms with E-state index in [9.17, 15) is 4.79 Å². The van der Waals surface area contributed by atoms with Crippen molar-refractivity contribution < 1.29 is 14.3 Å². The van der Waals surface area contributed by atoms with Gasteiger partial charge in [0.25, 0.3) is 0 Å². The van der Waals surface area contributed by atoms with Crippen molar-refractivity contribution in [3.63, 3.8) is 0 Å². The predicted molar refractivity (Wildman–Crippen MR) is 91.5 cm³/mol. The molecule has 6 nitrogen and oxygen atoms in total. The van der Waals surface area contributed by atoms with Crippen LogP contribution in [-0.4, -0.2) is 44.3 Å². The number of rotatable bonds is 4. The van der Waals surface area contributed by atoms with Gasteiger partial charge in [0.1, 0.15) is 17.3 Å². The Morgan fingerprint density at radius 3 is 2.65 bits per heavy atom. The topological polar surface area (TPSA) is 63.7 Å². The molecule has 0 spiro atoms. The van der Waals surface area contributed by atoms with Crippen LogP contribution in [0.4, 0.5) is 11.5 Å². The molecule has 128 valence electrons. The number of hydrogen-bond donors (Lipinski definition) is 1. The van der Waals surface area contributed by atoms with Crippen molar-refractivity contribution in [3.05, 3.63) is 11.2 Å². The van der Waals surface area contributed by atoms with Crippen molar-refractivity contribution in [2.45, 2.75) is 27.2 Å². The van der Waals surface area contributed by atoms with Crippen molar-refractivity contribution in [2.75, 3.05) is 43.6 Å². The quantitative estimate of drug-likeness (QED) is 0.853. The number of nitrogens with zero attached hydrogens (tertiary/aromatic N) is 2. The summed E-state index contributed by atoms with van der Waals surface area (Å²) in [5, 5.41) is 3.04. The minimum atomic E-state index is -0.112. The SMILES string of the molecule is COc1cc(N2CCOCC2)nc(Cl)c1NC(=O)CC(C)(C)C. The maximum atomic E-state index is 12.2. The number of nitrogens with one attached hydrogen (secondary N) is 1. The van der Waals surface area contributed by atoms with Gasteiger partial charge in [-0.05, 0) is 5.41 Å². The standard InChI is InChI=1S/C16H24ClN3O3/c1-16(2,3)10-13(21)19-14-11(22-4)9-12(18-15(14)17)20-5-7-23-8-6-20/h9H,5-8,10H2,1-4H3,(H,19,21). The molecule has 1 N–H and O–H groups in total. The minimum Gasteiger partial charge on any atom is -0.494 e. The molecule has 1 amide bonds. The Kier molecular flexibility index (Phi) is 5.70. The molecule has 0 aliphatic carbocycles. The molecule has 0 atom stereocenters. The molecule has 2 rings (SSSR count). The van der Waals surface area contributed by atoms with Gasteiger partial charge in [-0.3, -0.25) is 4.79 Å². The van der Waals surface area contributed by atoms with E-state index in [0.717, 1.165) is 18.9 Å². The van der Waals surface area contributed by atoms with Gasteiger partial charge >= 0.3 is 0 Å². The molecule has 23 heavy (non-hydrogen) atoms. The molecule has 0 bridgehead atoms. The number of morpholine rings is 1. The summed E-state index contributed by atoms with van der Waals surface area (Å²) in [5.74, 6) is 1.12. The number of ether oxygens (including phenoxy) is 2. The van der Waals surface area contributed by atoms with E-state index in [1.807, 2.05) is 20.8 Å². The van der Waals surface area contributed by atoms with Crippen LogP contribution < -0.4 is 15.0 Å². The van der Waals surface area contributed by atoms with E-state index in [-0.39, 0.29) is 16.5 Å². The number of pyridine rings is 1. The van der Waals surface area contributed by atoms with E-state index in [2.05, 4.69) is 15.2 Å². The van der Waals surface area contributed by atoms with Crippen LogP contribution in [0.3, 0.4) is 0 Å². The Morgan fingerprint density at radius 2 is 2.09 bits per heavy atom. The maximum Gasteiger partial charge on any atom is 0.225 e. The molecule has 0 saturated carbocycles.